The highest BCUT2D eigenvalue weighted by molar-refractivity contribution is 5.74. The molecule has 0 spiro atoms. The van der Waals surface area contributed by atoms with Crippen molar-refractivity contribution in [3.8, 4) is 0 Å². The molecule has 3 nitrogen and oxygen atoms in total. The molecule has 0 radical (unpaired) electrons. The van der Waals surface area contributed by atoms with Gasteiger partial charge in [-0.2, -0.15) is 0 Å². The molecule has 2 N–H and O–H groups in total. The minimum atomic E-state index is -0.145. The maximum Gasteiger partial charge on any atom is 0.319 e. The van der Waals surface area contributed by atoms with Crippen LogP contribution in [0.5, 0.6) is 0 Å². The number of benzene rings is 1. The second-order valence-corrected chi connectivity index (χ2v) is 4.72. The summed E-state index contributed by atoms with van der Waals surface area (Å²) >= 11 is 0. The molecule has 1 aromatic rings. The lowest BCUT2D eigenvalue weighted by atomic mass is 10.1. The molecule has 1 fully saturated rings. The number of nitrogens with one attached hydrogen (secondary N) is 2. The van der Waals surface area contributed by atoms with E-state index in [0.717, 1.165) is 5.56 Å². The first-order valence-electron chi connectivity index (χ1n) is 6.59. The Balaban J connectivity index is 1.66. The van der Waals surface area contributed by atoms with Crippen molar-refractivity contribution < 1.29 is 4.79 Å². The third-order valence-electron chi connectivity index (χ3n) is 3.28. The summed E-state index contributed by atoms with van der Waals surface area (Å²) in [6, 6.07) is 9.74. The molecule has 0 bridgehead atoms. The van der Waals surface area contributed by atoms with Crippen molar-refractivity contribution in [2.24, 2.45) is 5.92 Å². The monoisotopic (exact) mass is 244 g/mol. The van der Waals surface area contributed by atoms with Crippen LogP contribution >= 0.6 is 0 Å². The molecule has 0 saturated heterocycles. The van der Waals surface area contributed by atoms with Gasteiger partial charge in [0.25, 0.3) is 0 Å². The van der Waals surface area contributed by atoms with Gasteiger partial charge in [0, 0.05) is 12.7 Å². The topological polar surface area (TPSA) is 41.1 Å². The van der Waals surface area contributed by atoms with Crippen LogP contribution in [-0.2, 0) is 6.54 Å². The van der Waals surface area contributed by atoms with E-state index >= 15 is 0 Å². The van der Waals surface area contributed by atoms with Crippen LogP contribution in [0.1, 0.15) is 31.2 Å². The fourth-order valence-electron chi connectivity index (χ4n) is 2.24. The van der Waals surface area contributed by atoms with Crippen molar-refractivity contribution in [2.45, 2.75) is 32.2 Å². The van der Waals surface area contributed by atoms with Crippen molar-refractivity contribution in [1.82, 2.24) is 10.6 Å². The molecule has 0 heterocycles. The second kappa shape index (κ2) is 6.84. The molecule has 1 aromatic carbocycles. The standard InChI is InChI=1S/C15H20N2O/c18-15(16-11-10-13-6-4-5-7-13)17-12-14-8-2-1-3-9-14/h1-3,8-11,13H,4-7,12H2,(H2,16,17,18)/b11-10+. The molecule has 1 saturated carbocycles. The largest absolute Gasteiger partial charge is 0.334 e. The van der Waals surface area contributed by atoms with E-state index in [1.54, 1.807) is 6.20 Å². The van der Waals surface area contributed by atoms with Crippen LogP contribution < -0.4 is 10.6 Å². The fraction of sp³-hybridized carbons (Fsp3) is 0.400. The molecule has 0 aromatic heterocycles. The summed E-state index contributed by atoms with van der Waals surface area (Å²) in [4.78, 5) is 11.5. The highest BCUT2D eigenvalue weighted by atomic mass is 16.2. The van der Waals surface area contributed by atoms with Crippen LogP contribution in [0, 0.1) is 5.92 Å². The summed E-state index contributed by atoms with van der Waals surface area (Å²) < 4.78 is 0. The molecule has 18 heavy (non-hydrogen) atoms. The van der Waals surface area contributed by atoms with Gasteiger partial charge in [-0.1, -0.05) is 49.2 Å². The SMILES string of the molecule is O=C(N/C=C/C1CCCC1)NCc1ccccc1. The maximum atomic E-state index is 11.5. The van der Waals surface area contributed by atoms with Crippen molar-refractivity contribution in [1.29, 1.82) is 0 Å². The summed E-state index contributed by atoms with van der Waals surface area (Å²) in [6.45, 7) is 0.559. The van der Waals surface area contributed by atoms with Crippen LogP contribution in [0.25, 0.3) is 0 Å². The molecule has 0 unspecified atom stereocenters. The predicted molar refractivity (Wildman–Crippen MR) is 72.9 cm³/mol. The van der Waals surface area contributed by atoms with Crippen molar-refractivity contribution >= 4 is 6.03 Å². The molecule has 3 heteroatoms. The lowest BCUT2D eigenvalue weighted by Crippen LogP contribution is -2.31. The van der Waals surface area contributed by atoms with E-state index in [2.05, 4.69) is 16.7 Å². The average molecular weight is 244 g/mol. The van der Waals surface area contributed by atoms with Gasteiger partial charge in [0.05, 0.1) is 0 Å². The summed E-state index contributed by atoms with van der Waals surface area (Å²) in [6.07, 6.45) is 9.02. The third-order valence-corrected chi connectivity index (χ3v) is 3.28. The van der Waals surface area contributed by atoms with E-state index in [1.807, 2.05) is 30.3 Å². The van der Waals surface area contributed by atoms with Crippen molar-refractivity contribution in [2.75, 3.05) is 0 Å². The zero-order chi connectivity index (χ0) is 12.6. The number of rotatable bonds is 4. The number of urea groups is 1. The van der Waals surface area contributed by atoms with Gasteiger partial charge in [0.15, 0.2) is 0 Å². The Kier molecular flexibility index (Phi) is 4.82. The van der Waals surface area contributed by atoms with Crippen LogP contribution in [0.2, 0.25) is 0 Å². The zero-order valence-corrected chi connectivity index (χ0v) is 10.6. The number of hydrogen-bond acceptors (Lipinski definition) is 1. The van der Waals surface area contributed by atoms with Gasteiger partial charge < -0.3 is 10.6 Å². The van der Waals surface area contributed by atoms with E-state index in [9.17, 15) is 4.79 Å². The smallest absolute Gasteiger partial charge is 0.319 e. The van der Waals surface area contributed by atoms with Crippen LogP contribution in [0.15, 0.2) is 42.6 Å². The Hall–Kier alpha value is -1.77. The molecule has 2 amide bonds. The minimum absolute atomic E-state index is 0.145. The van der Waals surface area contributed by atoms with Gasteiger partial charge in [-0.25, -0.2) is 4.79 Å². The van der Waals surface area contributed by atoms with Crippen LogP contribution in [-0.4, -0.2) is 6.03 Å². The molecule has 96 valence electrons. The molecular formula is C15H20N2O. The Bertz CT molecular complexity index is 394. The molecule has 0 aliphatic heterocycles. The first-order chi connectivity index (χ1) is 8.84. The number of allylic oxidation sites excluding steroid dienone is 1. The van der Waals surface area contributed by atoms with E-state index < -0.39 is 0 Å². The normalized spacial score (nSPS) is 16.0. The van der Waals surface area contributed by atoms with Crippen LogP contribution in [0.3, 0.4) is 0 Å². The zero-order valence-electron chi connectivity index (χ0n) is 10.6. The molecule has 1 aliphatic rings. The first kappa shape index (κ1) is 12.7. The quantitative estimate of drug-likeness (QED) is 0.839. The van der Waals surface area contributed by atoms with Gasteiger partial charge in [0.2, 0.25) is 0 Å². The molecule has 1 aliphatic carbocycles. The maximum absolute atomic E-state index is 11.5. The molecule has 0 atom stereocenters. The molecular weight excluding hydrogens is 224 g/mol. The molecule has 2 rings (SSSR count). The highest BCUT2D eigenvalue weighted by Gasteiger charge is 2.11. The highest BCUT2D eigenvalue weighted by Crippen LogP contribution is 2.25. The van der Waals surface area contributed by atoms with Gasteiger partial charge in [0.1, 0.15) is 0 Å². The Labute approximate surface area is 108 Å². The first-order valence-corrected chi connectivity index (χ1v) is 6.59. The third kappa shape index (κ3) is 4.24. The number of hydrogen-bond donors (Lipinski definition) is 2. The Morgan fingerprint density at radius 1 is 1.22 bits per heavy atom. The lowest BCUT2D eigenvalue weighted by Gasteiger charge is -2.05. The predicted octanol–water partition coefficient (Wildman–Crippen LogP) is 3.19. The number of amides is 2. The fourth-order valence-corrected chi connectivity index (χ4v) is 2.24. The Morgan fingerprint density at radius 3 is 2.67 bits per heavy atom. The van der Waals surface area contributed by atoms with E-state index in [4.69, 9.17) is 0 Å². The number of carbonyl (C=O) groups excluding carboxylic acids is 1. The van der Waals surface area contributed by atoms with Gasteiger partial charge >= 0.3 is 6.03 Å². The average Bonchev–Trinajstić information content (AvgIpc) is 2.91. The Morgan fingerprint density at radius 2 is 1.94 bits per heavy atom. The van der Waals surface area contributed by atoms with Crippen molar-refractivity contribution in [3.05, 3.63) is 48.2 Å². The van der Waals surface area contributed by atoms with Gasteiger partial charge in [-0.3, -0.25) is 0 Å². The van der Waals surface area contributed by atoms with Crippen molar-refractivity contribution in [3.63, 3.8) is 0 Å². The lowest BCUT2D eigenvalue weighted by molar-refractivity contribution is 0.243. The van der Waals surface area contributed by atoms with Gasteiger partial charge in [-0.15, -0.1) is 0 Å². The summed E-state index contributed by atoms with van der Waals surface area (Å²) in [5.74, 6) is 0.652. The summed E-state index contributed by atoms with van der Waals surface area (Å²) in [5, 5.41) is 5.57. The van der Waals surface area contributed by atoms with E-state index in [-0.39, 0.29) is 6.03 Å². The van der Waals surface area contributed by atoms with E-state index in [0.29, 0.717) is 12.5 Å². The van der Waals surface area contributed by atoms with Crippen LogP contribution in [0.4, 0.5) is 4.79 Å². The number of carbonyl (C=O) groups is 1. The minimum Gasteiger partial charge on any atom is -0.334 e. The summed E-state index contributed by atoms with van der Waals surface area (Å²) in [7, 11) is 0. The second-order valence-electron chi connectivity index (χ2n) is 4.72. The summed E-state index contributed by atoms with van der Waals surface area (Å²) in [5.41, 5.74) is 1.10. The van der Waals surface area contributed by atoms with E-state index in [1.165, 1.54) is 25.7 Å². The van der Waals surface area contributed by atoms with Gasteiger partial charge in [-0.05, 0) is 24.3 Å².